The van der Waals surface area contributed by atoms with E-state index in [1.54, 1.807) is 36.1 Å². The molecule has 1 atom stereocenters. The molecule has 6 nitrogen and oxygen atoms in total. The van der Waals surface area contributed by atoms with Gasteiger partial charge in [-0.05, 0) is 48.9 Å². The molecule has 0 radical (unpaired) electrons. The number of nitrogens with zero attached hydrogens (tertiary/aromatic N) is 2. The molecule has 0 fully saturated rings. The molecule has 33 heavy (non-hydrogen) atoms. The Balaban J connectivity index is 1.63. The average molecular weight is 458 g/mol. The second-order valence-electron chi connectivity index (χ2n) is 7.62. The highest BCUT2D eigenvalue weighted by Gasteiger charge is 2.43. The van der Waals surface area contributed by atoms with Gasteiger partial charge in [0.05, 0.1) is 23.9 Å². The normalized spacial score (nSPS) is 14.9. The number of H-pyrrole nitrogens is 1. The number of halogens is 1. The van der Waals surface area contributed by atoms with Gasteiger partial charge < -0.3 is 4.74 Å². The minimum absolute atomic E-state index is 0.191. The third-order valence-corrected chi connectivity index (χ3v) is 5.91. The number of carbonyl (C=O) groups excluding carboxylic acids is 2. The van der Waals surface area contributed by atoms with Crippen molar-refractivity contribution >= 4 is 29.2 Å². The lowest BCUT2D eigenvalue weighted by atomic mass is 9.96. The van der Waals surface area contributed by atoms with Crippen molar-refractivity contribution in [3.63, 3.8) is 0 Å². The SMILES string of the molecule is CCOC(=O)c1ccc(N2C(=O)c3[nH]nc(-c4ccccc4)c3[C@@H]2c2ccc(Cl)cc2)cc1. The Morgan fingerprint density at radius 2 is 1.73 bits per heavy atom. The van der Waals surface area contributed by atoms with Crippen LogP contribution in [-0.4, -0.2) is 28.7 Å². The smallest absolute Gasteiger partial charge is 0.338 e. The Hall–Kier alpha value is -3.90. The van der Waals surface area contributed by atoms with Crippen molar-refractivity contribution in [1.82, 2.24) is 10.2 Å². The third kappa shape index (κ3) is 3.68. The fourth-order valence-electron chi connectivity index (χ4n) is 4.16. The van der Waals surface area contributed by atoms with E-state index in [4.69, 9.17) is 16.3 Å². The van der Waals surface area contributed by atoms with Crippen LogP contribution in [0.5, 0.6) is 0 Å². The number of aromatic nitrogens is 2. The summed E-state index contributed by atoms with van der Waals surface area (Å²) in [7, 11) is 0. The number of carbonyl (C=O) groups is 2. The number of anilines is 1. The standard InChI is InChI=1S/C26H20ClN3O3/c1-2-33-26(32)18-10-14-20(15-11-18)30-24(17-8-12-19(27)13-9-17)21-22(16-6-4-3-5-7-16)28-29-23(21)25(30)31/h3-15,24H,2H2,1H3,(H,28,29)/t24-/m0/s1. The number of hydrogen-bond acceptors (Lipinski definition) is 4. The van der Waals surface area contributed by atoms with Crippen LogP contribution in [0.25, 0.3) is 11.3 Å². The lowest BCUT2D eigenvalue weighted by molar-refractivity contribution is 0.0526. The molecule has 164 valence electrons. The second-order valence-corrected chi connectivity index (χ2v) is 8.06. The predicted molar refractivity (Wildman–Crippen MR) is 127 cm³/mol. The van der Waals surface area contributed by atoms with Crippen LogP contribution < -0.4 is 4.90 Å². The van der Waals surface area contributed by atoms with Crippen LogP contribution in [0.2, 0.25) is 5.02 Å². The molecule has 1 aliphatic rings. The zero-order valence-corrected chi connectivity index (χ0v) is 18.5. The maximum absolute atomic E-state index is 13.6. The van der Waals surface area contributed by atoms with Crippen LogP contribution in [0.1, 0.15) is 44.9 Å². The van der Waals surface area contributed by atoms with E-state index in [1.165, 1.54) is 0 Å². The first-order valence-electron chi connectivity index (χ1n) is 10.6. The molecule has 0 bridgehead atoms. The Labute approximate surface area is 195 Å². The van der Waals surface area contributed by atoms with Crippen molar-refractivity contribution < 1.29 is 14.3 Å². The van der Waals surface area contributed by atoms with E-state index in [0.717, 1.165) is 22.4 Å². The molecule has 0 spiro atoms. The van der Waals surface area contributed by atoms with Crippen molar-refractivity contribution in [3.05, 3.63) is 106 Å². The Bertz CT molecular complexity index is 1320. The van der Waals surface area contributed by atoms with Gasteiger partial charge in [0, 0.05) is 21.8 Å². The van der Waals surface area contributed by atoms with Crippen LogP contribution in [0.15, 0.2) is 78.9 Å². The van der Waals surface area contributed by atoms with Gasteiger partial charge >= 0.3 is 5.97 Å². The number of benzene rings is 3. The van der Waals surface area contributed by atoms with Crippen molar-refractivity contribution in [2.24, 2.45) is 0 Å². The van der Waals surface area contributed by atoms with E-state index in [1.807, 2.05) is 54.6 Å². The summed E-state index contributed by atoms with van der Waals surface area (Å²) in [5.74, 6) is -0.588. The van der Waals surface area contributed by atoms with Gasteiger partial charge in [0.25, 0.3) is 5.91 Å². The molecular formula is C26H20ClN3O3. The summed E-state index contributed by atoms with van der Waals surface area (Å²) in [6.45, 7) is 2.06. The first-order valence-corrected chi connectivity index (χ1v) is 11.0. The molecule has 4 aromatic rings. The Morgan fingerprint density at radius 1 is 1.03 bits per heavy atom. The van der Waals surface area contributed by atoms with Gasteiger partial charge in [0.2, 0.25) is 0 Å². The molecule has 0 unspecified atom stereocenters. The Kier molecular flexibility index (Phi) is 5.44. The maximum atomic E-state index is 13.6. The summed E-state index contributed by atoms with van der Waals surface area (Å²) < 4.78 is 5.07. The summed E-state index contributed by atoms with van der Waals surface area (Å²) >= 11 is 6.14. The number of hydrogen-bond donors (Lipinski definition) is 1. The zero-order valence-electron chi connectivity index (χ0n) is 17.8. The van der Waals surface area contributed by atoms with Crippen molar-refractivity contribution in [1.29, 1.82) is 0 Å². The van der Waals surface area contributed by atoms with Crippen LogP contribution in [0.3, 0.4) is 0 Å². The zero-order chi connectivity index (χ0) is 22.9. The number of amides is 1. The number of ether oxygens (including phenoxy) is 1. The fourth-order valence-corrected chi connectivity index (χ4v) is 4.29. The van der Waals surface area contributed by atoms with Gasteiger partial charge in [-0.3, -0.25) is 14.8 Å². The van der Waals surface area contributed by atoms with E-state index in [9.17, 15) is 9.59 Å². The first-order chi connectivity index (χ1) is 16.1. The number of aromatic amines is 1. The molecule has 5 rings (SSSR count). The largest absolute Gasteiger partial charge is 0.462 e. The van der Waals surface area contributed by atoms with Gasteiger partial charge in [0.15, 0.2) is 0 Å². The van der Waals surface area contributed by atoms with Crippen LogP contribution in [0, 0.1) is 0 Å². The van der Waals surface area contributed by atoms with Crippen LogP contribution in [-0.2, 0) is 4.74 Å². The summed E-state index contributed by atoms with van der Waals surface area (Å²) in [4.78, 5) is 27.3. The average Bonchev–Trinajstić information content (AvgIpc) is 3.39. The quantitative estimate of drug-likeness (QED) is 0.392. The van der Waals surface area contributed by atoms with Crippen LogP contribution >= 0.6 is 11.6 Å². The number of esters is 1. The van der Waals surface area contributed by atoms with E-state index in [2.05, 4.69) is 10.2 Å². The highest BCUT2D eigenvalue weighted by Crippen LogP contribution is 2.45. The third-order valence-electron chi connectivity index (χ3n) is 5.66. The monoisotopic (exact) mass is 457 g/mol. The van der Waals surface area contributed by atoms with Crippen molar-refractivity contribution in [3.8, 4) is 11.3 Å². The molecule has 0 aliphatic carbocycles. The molecule has 1 amide bonds. The Morgan fingerprint density at radius 3 is 2.39 bits per heavy atom. The van der Waals surface area contributed by atoms with E-state index < -0.39 is 12.0 Å². The minimum atomic E-state index is -0.410. The van der Waals surface area contributed by atoms with Crippen molar-refractivity contribution in [2.75, 3.05) is 11.5 Å². The van der Waals surface area contributed by atoms with E-state index in [-0.39, 0.29) is 5.91 Å². The second kappa shape index (κ2) is 8.56. The van der Waals surface area contributed by atoms with Gasteiger partial charge in [0.1, 0.15) is 5.69 Å². The summed E-state index contributed by atoms with van der Waals surface area (Å²) in [5.41, 5.74) is 4.90. The van der Waals surface area contributed by atoms with Crippen LogP contribution in [0.4, 0.5) is 5.69 Å². The van der Waals surface area contributed by atoms with Crippen molar-refractivity contribution in [2.45, 2.75) is 13.0 Å². The molecular weight excluding hydrogens is 438 g/mol. The van der Waals surface area contributed by atoms with Gasteiger partial charge in [-0.2, -0.15) is 5.10 Å². The molecule has 1 aromatic heterocycles. The summed E-state index contributed by atoms with van der Waals surface area (Å²) in [6.07, 6.45) is 0. The highest BCUT2D eigenvalue weighted by atomic mass is 35.5. The lowest BCUT2D eigenvalue weighted by Gasteiger charge is -2.26. The molecule has 0 saturated heterocycles. The summed E-state index contributed by atoms with van der Waals surface area (Å²) in [6, 6.07) is 23.7. The molecule has 1 aliphatic heterocycles. The summed E-state index contributed by atoms with van der Waals surface area (Å²) in [5, 5.41) is 8.04. The lowest BCUT2D eigenvalue weighted by Crippen LogP contribution is -2.29. The molecule has 3 aromatic carbocycles. The van der Waals surface area contributed by atoms with Gasteiger partial charge in [-0.15, -0.1) is 0 Å². The number of rotatable bonds is 5. The molecule has 1 N–H and O–H groups in total. The molecule has 7 heteroatoms. The fraction of sp³-hybridized carbons (Fsp3) is 0.115. The van der Waals surface area contributed by atoms with Gasteiger partial charge in [-0.25, -0.2) is 4.79 Å². The predicted octanol–water partition coefficient (Wildman–Crippen LogP) is 5.66. The maximum Gasteiger partial charge on any atom is 0.338 e. The number of nitrogens with one attached hydrogen (secondary N) is 1. The topological polar surface area (TPSA) is 75.3 Å². The minimum Gasteiger partial charge on any atom is -0.462 e. The molecule has 0 saturated carbocycles. The van der Waals surface area contributed by atoms with Gasteiger partial charge in [-0.1, -0.05) is 54.1 Å². The molecule has 2 heterocycles. The number of fused-ring (bicyclic) bond motifs is 1. The first kappa shape index (κ1) is 21.0. The van der Waals surface area contributed by atoms with E-state index in [0.29, 0.717) is 28.6 Å². The highest BCUT2D eigenvalue weighted by molar-refractivity contribution is 6.30. The van der Waals surface area contributed by atoms with E-state index >= 15 is 0 Å².